The van der Waals surface area contributed by atoms with Crippen molar-refractivity contribution in [1.29, 1.82) is 0 Å². The van der Waals surface area contributed by atoms with Crippen molar-refractivity contribution in [3.8, 4) is 0 Å². The first-order valence-electron chi connectivity index (χ1n) is 10.9. The summed E-state index contributed by atoms with van der Waals surface area (Å²) in [6.07, 6.45) is 13.9. The number of nitrogens with one attached hydrogen (secondary N) is 1. The lowest BCUT2D eigenvalue weighted by Gasteiger charge is -2.56. The molecule has 2 atom stereocenters. The van der Waals surface area contributed by atoms with Crippen molar-refractivity contribution in [2.24, 2.45) is 11.3 Å². The van der Waals surface area contributed by atoms with Crippen LogP contribution in [0.1, 0.15) is 55.4 Å². The van der Waals surface area contributed by atoms with Crippen molar-refractivity contribution in [1.82, 2.24) is 15.1 Å². The fourth-order valence-electron chi connectivity index (χ4n) is 5.58. The number of nitrogens with zero attached hydrogens (tertiary/aromatic N) is 2. The molecule has 2 fully saturated rings. The zero-order valence-corrected chi connectivity index (χ0v) is 20.1. The van der Waals surface area contributed by atoms with Gasteiger partial charge in [-0.3, -0.25) is 14.3 Å². The van der Waals surface area contributed by atoms with Crippen LogP contribution in [-0.2, 0) is 4.79 Å². The van der Waals surface area contributed by atoms with E-state index in [4.69, 9.17) is 16.7 Å². The van der Waals surface area contributed by atoms with Crippen molar-refractivity contribution in [2.75, 3.05) is 0 Å². The summed E-state index contributed by atoms with van der Waals surface area (Å²) in [4.78, 5) is 24.4. The van der Waals surface area contributed by atoms with Gasteiger partial charge in [0, 0.05) is 11.4 Å². The first-order chi connectivity index (χ1) is 15.2. The lowest BCUT2D eigenvalue weighted by atomic mass is 9.50. The van der Waals surface area contributed by atoms with Gasteiger partial charge >= 0.3 is 5.97 Å². The highest BCUT2D eigenvalue weighted by molar-refractivity contribution is 9.10. The Hall–Kier alpha value is -2.12. The number of aromatic nitrogens is 2. The zero-order chi connectivity index (χ0) is 22.7. The van der Waals surface area contributed by atoms with Gasteiger partial charge in [-0.25, -0.2) is 0 Å². The number of carboxylic acid groups (broad SMARTS) is 1. The lowest BCUT2D eigenvalue weighted by Crippen LogP contribution is -2.57. The van der Waals surface area contributed by atoms with E-state index in [1.165, 1.54) is 0 Å². The molecule has 8 heteroatoms. The predicted octanol–water partition coefficient (Wildman–Crippen LogP) is 5.27. The van der Waals surface area contributed by atoms with Crippen LogP contribution in [0.2, 0.25) is 5.02 Å². The Labute approximate surface area is 199 Å². The van der Waals surface area contributed by atoms with Crippen LogP contribution in [0.3, 0.4) is 0 Å². The fraction of sp³-hybridized carbons (Fsp3) is 0.458. The first kappa shape index (κ1) is 21.7. The molecule has 168 valence electrons. The van der Waals surface area contributed by atoms with E-state index in [-0.39, 0.29) is 33.6 Å². The van der Waals surface area contributed by atoms with E-state index >= 15 is 0 Å². The lowest BCUT2D eigenvalue weighted by molar-refractivity contribution is -0.155. The third kappa shape index (κ3) is 3.50. The molecule has 0 saturated heterocycles. The average molecular weight is 519 g/mol. The maximum absolute atomic E-state index is 13.3. The van der Waals surface area contributed by atoms with Crippen LogP contribution in [0.15, 0.2) is 42.6 Å². The third-order valence-electron chi connectivity index (χ3n) is 7.46. The van der Waals surface area contributed by atoms with Gasteiger partial charge in [0.15, 0.2) is 0 Å². The van der Waals surface area contributed by atoms with E-state index in [0.717, 1.165) is 43.0 Å². The zero-order valence-electron chi connectivity index (χ0n) is 17.7. The molecule has 1 aromatic carbocycles. The number of amides is 1. The summed E-state index contributed by atoms with van der Waals surface area (Å²) in [5.74, 6) is -1.07. The molecule has 2 aromatic rings. The van der Waals surface area contributed by atoms with Gasteiger partial charge in [0.1, 0.15) is 0 Å². The molecule has 0 bridgehead atoms. The molecular formula is C24H25BrClN3O3. The monoisotopic (exact) mass is 517 g/mol. The first-order valence-corrected chi connectivity index (χ1v) is 12.1. The summed E-state index contributed by atoms with van der Waals surface area (Å²) in [6, 6.07) is 3.53. The van der Waals surface area contributed by atoms with Crippen LogP contribution in [-0.4, -0.2) is 37.1 Å². The summed E-state index contributed by atoms with van der Waals surface area (Å²) < 4.78 is 1.59. The molecule has 3 aliphatic carbocycles. The number of fused-ring (bicyclic) bond motifs is 1. The van der Waals surface area contributed by atoms with Crippen molar-refractivity contribution in [3.05, 3.63) is 53.2 Å². The van der Waals surface area contributed by atoms with Crippen LogP contribution in [0.25, 0.3) is 10.9 Å². The van der Waals surface area contributed by atoms with Gasteiger partial charge in [0.05, 0.1) is 38.6 Å². The number of alkyl halides is 1. The van der Waals surface area contributed by atoms with Gasteiger partial charge in [-0.05, 0) is 56.6 Å². The van der Waals surface area contributed by atoms with E-state index in [2.05, 4.69) is 45.4 Å². The highest BCUT2D eigenvalue weighted by Crippen LogP contribution is 2.58. The normalized spacial score (nSPS) is 31.8. The minimum atomic E-state index is -0.707. The maximum Gasteiger partial charge on any atom is 0.306 e. The number of halogens is 2. The van der Waals surface area contributed by atoms with E-state index < -0.39 is 5.97 Å². The molecule has 0 aliphatic heterocycles. The van der Waals surface area contributed by atoms with Gasteiger partial charge in [-0.2, -0.15) is 5.10 Å². The van der Waals surface area contributed by atoms with Crippen molar-refractivity contribution in [3.63, 3.8) is 0 Å². The standard InChI is InChI=1S/C24H25BrClN3O3/c1-14(24(25)7-3-2-4-8-24)29-20-17(5-6-19(26)18(20)13-27-29)21(30)28-16-11-23(12-16)9-15(10-23)22(31)32/h2-7,13-16H,8-12H2,1H3,(H,28,30)(H,31,32)/t14-,15?,16?,23?,24?/m0/s1. The number of carboxylic acids is 1. The van der Waals surface area contributed by atoms with Crippen molar-refractivity contribution in [2.45, 2.75) is 55.4 Å². The smallest absolute Gasteiger partial charge is 0.306 e. The van der Waals surface area contributed by atoms with Crippen LogP contribution in [0, 0.1) is 11.3 Å². The average Bonchev–Trinajstić information content (AvgIpc) is 3.14. The molecule has 3 aliphatic rings. The van der Waals surface area contributed by atoms with Crippen molar-refractivity contribution >= 4 is 50.3 Å². The molecule has 1 unspecified atom stereocenters. The number of allylic oxidation sites excluding steroid dienone is 4. The maximum atomic E-state index is 13.3. The number of hydrogen-bond acceptors (Lipinski definition) is 3. The van der Waals surface area contributed by atoms with Crippen LogP contribution in [0.5, 0.6) is 0 Å². The molecule has 1 spiro atoms. The highest BCUT2D eigenvalue weighted by Gasteiger charge is 2.55. The SMILES string of the molecule is C[C@H](n1ncc2c(Cl)ccc(C(=O)NC3CC4(C3)CC(C(=O)O)C4)c21)C1(Br)C=CC=CC1. The van der Waals surface area contributed by atoms with Gasteiger partial charge in [-0.15, -0.1) is 0 Å². The number of rotatable bonds is 5. The second kappa shape index (κ2) is 7.73. The predicted molar refractivity (Wildman–Crippen MR) is 127 cm³/mol. The Bertz CT molecular complexity index is 1160. The summed E-state index contributed by atoms with van der Waals surface area (Å²) in [7, 11) is 0. The molecule has 1 aromatic heterocycles. The number of hydrogen-bond donors (Lipinski definition) is 2. The van der Waals surface area contributed by atoms with Gasteiger partial charge < -0.3 is 10.4 Å². The molecule has 32 heavy (non-hydrogen) atoms. The van der Waals surface area contributed by atoms with E-state index in [0.29, 0.717) is 10.6 Å². The summed E-state index contributed by atoms with van der Waals surface area (Å²) in [6.45, 7) is 2.08. The molecule has 1 heterocycles. The highest BCUT2D eigenvalue weighted by atomic mass is 79.9. The second-order valence-electron chi connectivity index (χ2n) is 9.56. The quantitative estimate of drug-likeness (QED) is 0.528. The van der Waals surface area contributed by atoms with E-state index in [1.54, 1.807) is 18.3 Å². The Morgan fingerprint density at radius 2 is 2.03 bits per heavy atom. The number of carbonyl (C=O) groups is 2. The minimum Gasteiger partial charge on any atom is -0.481 e. The van der Waals surface area contributed by atoms with Gasteiger partial charge in [-0.1, -0.05) is 51.8 Å². The van der Waals surface area contributed by atoms with Gasteiger partial charge in [0.2, 0.25) is 0 Å². The molecule has 2 saturated carbocycles. The Morgan fingerprint density at radius 1 is 1.28 bits per heavy atom. The summed E-state index contributed by atoms with van der Waals surface area (Å²) in [5.41, 5.74) is 1.39. The summed E-state index contributed by atoms with van der Waals surface area (Å²) in [5, 5.41) is 18.2. The van der Waals surface area contributed by atoms with Crippen LogP contribution >= 0.6 is 27.5 Å². The molecule has 5 rings (SSSR count). The number of carbonyl (C=O) groups excluding carboxylic acids is 1. The molecule has 6 nitrogen and oxygen atoms in total. The number of benzene rings is 1. The van der Waals surface area contributed by atoms with Gasteiger partial charge in [0.25, 0.3) is 5.91 Å². The van der Waals surface area contributed by atoms with Crippen LogP contribution < -0.4 is 5.32 Å². The molecule has 1 amide bonds. The molecule has 0 radical (unpaired) electrons. The van der Waals surface area contributed by atoms with Crippen LogP contribution in [0.4, 0.5) is 0 Å². The number of aliphatic carboxylic acids is 1. The molecular weight excluding hydrogens is 494 g/mol. The Kier molecular flexibility index (Phi) is 5.25. The fourth-order valence-corrected chi connectivity index (χ4v) is 6.31. The molecule has 2 N–H and O–H groups in total. The van der Waals surface area contributed by atoms with E-state index in [1.807, 2.05) is 16.8 Å². The van der Waals surface area contributed by atoms with Crippen molar-refractivity contribution < 1.29 is 14.7 Å². The largest absolute Gasteiger partial charge is 0.481 e. The third-order valence-corrected chi connectivity index (χ3v) is 9.04. The summed E-state index contributed by atoms with van der Waals surface area (Å²) >= 11 is 10.3. The van der Waals surface area contributed by atoms with E-state index in [9.17, 15) is 9.59 Å². The Balaban J connectivity index is 1.38. The Morgan fingerprint density at radius 3 is 2.69 bits per heavy atom. The second-order valence-corrected chi connectivity index (χ2v) is 11.4. The minimum absolute atomic E-state index is 0.0545. The topological polar surface area (TPSA) is 84.2 Å².